The highest BCUT2D eigenvalue weighted by atomic mass is 16.5. The van der Waals surface area contributed by atoms with E-state index in [1.807, 2.05) is 39.1 Å². The number of phenols is 1. The fourth-order valence-electron chi connectivity index (χ4n) is 2.37. The summed E-state index contributed by atoms with van der Waals surface area (Å²) in [7, 11) is 1.84. The van der Waals surface area contributed by atoms with Gasteiger partial charge in [-0.1, -0.05) is 0 Å². The van der Waals surface area contributed by atoms with Crippen molar-refractivity contribution in [1.82, 2.24) is 9.78 Å². The molecule has 0 saturated carbocycles. The van der Waals surface area contributed by atoms with Crippen LogP contribution in [-0.2, 0) is 7.05 Å². The first-order valence-corrected chi connectivity index (χ1v) is 7.78. The smallest absolute Gasteiger partial charge is 0.128 e. The zero-order valence-corrected chi connectivity index (χ0v) is 13.9. The predicted octanol–water partition coefficient (Wildman–Crippen LogP) is 3.89. The highest BCUT2D eigenvalue weighted by Crippen LogP contribution is 2.32. The van der Waals surface area contributed by atoms with Crippen molar-refractivity contribution in [3.05, 3.63) is 30.5 Å². The lowest BCUT2D eigenvalue weighted by Crippen LogP contribution is -2.08. The van der Waals surface area contributed by atoms with Gasteiger partial charge >= 0.3 is 0 Å². The quantitative estimate of drug-likeness (QED) is 0.787. The fraction of sp³-hybridized carbons (Fsp3) is 0.444. The molecule has 0 radical (unpaired) electrons. The van der Waals surface area contributed by atoms with E-state index in [0.29, 0.717) is 12.4 Å². The Morgan fingerprint density at radius 3 is 2.70 bits per heavy atom. The summed E-state index contributed by atoms with van der Waals surface area (Å²) in [6.07, 6.45) is 4.38. The summed E-state index contributed by atoms with van der Waals surface area (Å²) in [6, 6.07) is 9.46. The molecule has 0 amide bonds. The summed E-state index contributed by atoms with van der Waals surface area (Å²) in [5.41, 5.74) is 1.31. The van der Waals surface area contributed by atoms with Crippen molar-refractivity contribution in [3.63, 3.8) is 0 Å². The predicted molar refractivity (Wildman–Crippen MR) is 89.0 cm³/mol. The lowest BCUT2D eigenvalue weighted by molar-refractivity contribution is 0.293. The molecule has 0 aliphatic heterocycles. The van der Waals surface area contributed by atoms with Gasteiger partial charge < -0.3 is 9.84 Å². The number of phenolic OH excluding ortho intramolecular Hbond substituents is 1. The maximum atomic E-state index is 10.2. The molecule has 122 valence electrons. The molecule has 5 nitrogen and oxygen atoms in total. The molecule has 1 N–H and O–H groups in total. The number of nitriles is 1. The van der Waals surface area contributed by atoms with Crippen molar-refractivity contribution in [1.29, 1.82) is 5.26 Å². The van der Waals surface area contributed by atoms with Crippen molar-refractivity contribution in [2.24, 2.45) is 12.5 Å². The number of aryl methyl sites for hydroxylation is 1. The minimum atomic E-state index is -0.275. The largest absolute Gasteiger partial charge is 0.507 e. The third kappa shape index (κ3) is 4.49. The molecule has 1 heterocycles. The van der Waals surface area contributed by atoms with Gasteiger partial charge in [0.15, 0.2) is 0 Å². The van der Waals surface area contributed by atoms with Crippen LogP contribution in [0.25, 0.3) is 11.3 Å². The van der Waals surface area contributed by atoms with E-state index in [2.05, 4.69) is 11.2 Å². The van der Waals surface area contributed by atoms with Gasteiger partial charge in [0, 0.05) is 24.9 Å². The van der Waals surface area contributed by atoms with Crippen LogP contribution in [0, 0.1) is 16.7 Å². The van der Waals surface area contributed by atoms with Crippen LogP contribution in [0.5, 0.6) is 11.5 Å². The molecule has 0 bridgehead atoms. The standard InChI is InChI=1S/C18H23N3O2/c1-18(2,13-19)9-4-5-11-23-14-6-7-15(17(22)12-14)16-8-10-20-21(16)3/h6-8,10,12,22H,4-5,9,11H2,1-3H3. The zero-order chi connectivity index (χ0) is 16.9. The Bertz CT molecular complexity index is 699. The lowest BCUT2D eigenvalue weighted by Gasteiger charge is -2.14. The van der Waals surface area contributed by atoms with E-state index in [4.69, 9.17) is 10.00 Å². The van der Waals surface area contributed by atoms with E-state index < -0.39 is 0 Å². The third-order valence-corrected chi connectivity index (χ3v) is 3.83. The Hall–Kier alpha value is -2.48. The van der Waals surface area contributed by atoms with Crippen LogP contribution in [0.3, 0.4) is 0 Å². The fourth-order valence-corrected chi connectivity index (χ4v) is 2.37. The number of unbranched alkanes of at least 4 members (excludes halogenated alkanes) is 1. The summed E-state index contributed by atoms with van der Waals surface area (Å²) in [5, 5.41) is 23.2. The molecule has 2 aromatic rings. The molecule has 5 heteroatoms. The van der Waals surface area contributed by atoms with Gasteiger partial charge in [-0.15, -0.1) is 0 Å². The number of aromatic nitrogens is 2. The Morgan fingerprint density at radius 2 is 2.09 bits per heavy atom. The van der Waals surface area contributed by atoms with Crippen LogP contribution in [0.2, 0.25) is 0 Å². The first-order chi connectivity index (χ1) is 10.9. The van der Waals surface area contributed by atoms with Crippen molar-refractivity contribution in [2.45, 2.75) is 33.1 Å². The zero-order valence-electron chi connectivity index (χ0n) is 13.9. The molecule has 0 unspecified atom stereocenters. The molecule has 0 aliphatic rings. The van der Waals surface area contributed by atoms with E-state index in [9.17, 15) is 5.11 Å². The maximum Gasteiger partial charge on any atom is 0.128 e. The topological polar surface area (TPSA) is 71.1 Å². The van der Waals surface area contributed by atoms with Gasteiger partial charge in [0.1, 0.15) is 11.5 Å². The number of nitrogens with zero attached hydrogens (tertiary/aromatic N) is 3. The first-order valence-electron chi connectivity index (χ1n) is 7.78. The summed E-state index contributed by atoms with van der Waals surface area (Å²) >= 11 is 0. The average molecular weight is 313 g/mol. The number of ether oxygens (including phenoxy) is 1. The van der Waals surface area contributed by atoms with Crippen LogP contribution < -0.4 is 4.74 Å². The van der Waals surface area contributed by atoms with Crippen molar-refractivity contribution < 1.29 is 9.84 Å². The van der Waals surface area contributed by atoms with Crippen molar-refractivity contribution >= 4 is 0 Å². The van der Waals surface area contributed by atoms with Gasteiger partial charge in [-0.25, -0.2) is 0 Å². The number of benzene rings is 1. The summed E-state index contributed by atoms with van der Waals surface area (Å²) < 4.78 is 7.39. The van der Waals surface area contributed by atoms with Crippen LogP contribution in [0.4, 0.5) is 0 Å². The second-order valence-electron chi connectivity index (χ2n) is 6.32. The highest BCUT2D eigenvalue weighted by Gasteiger charge is 2.15. The Morgan fingerprint density at radius 1 is 1.30 bits per heavy atom. The van der Waals surface area contributed by atoms with Crippen LogP contribution >= 0.6 is 0 Å². The number of hydrogen-bond acceptors (Lipinski definition) is 4. The lowest BCUT2D eigenvalue weighted by atomic mass is 9.89. The Balaban J connectivity index is 1.87. The van der Waals surface area contributed by atoms with Crippen LogP contribution in [0.1, 0.15) is 33.1 Å². The second-order valence-corrected chi connectivity index (χ2v) is 6.32. The molecular formula is C18H23N3O2. The number of aromatic hydroxyl groups is 1. The van der Waals surface area contributed by atoms with Gasteiger partial charge in [0.2, 0.25) is 0 Å². The summed E-state index contributed by atoms with van der Waals surface area (Å²) in [6.45, 7) is 4.47. The van der Waals surface area contributed by atoms with Crippen LogP contribution in [-0.4, -0.2) is 21.5 Å². The SMILES string of the molecule is Cn1nccc1-c1ccc(OCCCCC(C)(C)C#N)cc1O. The van der Waals surface area contributed by atoms with E-state index in [1.165, 1.54) is 0 Å². The molecule has 1 aromatic heterocycles. The molecule has 0 saturated heterocycles. The normalized spacial score (nSPS) is 11.2. The molecule has 0 atom stereocenters. The average Bonchev–Trinajstić information content (AvgIpc) is 2.93. The van der Waals surface area contributed by atoms with Gasteiger partial charge in [-0.2, -0.15) is 10.4 Å². The second kappa shape index (κ2) is 7.19. The Kier molecular flexibility index (Phi) is 5.28. The van der Waals surface area contributed by atoms with Gasteiger partial charge in [0.25, 0.3) is 0 Å². The maximum absolute atomic E-state index is 10.2. The molecule has 1 aromatic carbocycles. The van der Waals surface area contributed by atoms with Crippen molar-refractivity contribution in [3.8, 4) is 28.8 Å². The van der Waals surface area contributed by atoms with Gasteiger partial charge in [-0.05, 0) is 51.3 Å². The third-order valence-electron chi connectivity index (χ3n) is 3.83. The van der Waals surface area contributed by atoms with E-state index in [0.717, 1.165) is 30.5 Å². The first kappa shape index (κ1) is 16.9. The number of rotatable bonds is 7. The molecule has 0 spiro atoms. The molecule has 0 aliphatic carbocycles. The van der Waals surface area contributed by atoms with E-state index in [1.54, 1.807) is 16.9 Å². The van der Waals surface area contributed by atoms with E-state index >= 15 is 0 Å². The minimum absolute atomic E-state index is 0.178. The minimum Gasteiger partial charge on any atom is -0.507 e. The highest BCUT2D eigenvalue weighted by molar-refractivity contribution is 5.68. The van der Waals surface area contributed by atoms with Gasteiger partial charge in [0.05, 0.1) is 23.8 Å². The van der Waals surface area contributed by atoms with Crippen molar-refractivity contribution in [2.75, 3.05) is 6.61 Å². The number of hydrogen-bond donors (Lipinski definition) is 1. The molecular weight excluding hydrogens is 290 g/mol. The van der Waals surface area contributed by atoms with Crippen LogP contribution in [0.15, 0.2) is 30.5 Å². The molecule has 2 rings (SSSR count). The summed E-state index contributed by atoms with van der Waals surface area (Å²) in [4.78, 5) is 0. The molecule has 0 fully saturated rings. The van der Waals surface area contributed by atoms with Gasteiger partial charge in [-0.3, -0.25) is 4.68 Å². The monoisotopic (exact) mass is 313 g/mol. The summed E-state index contributed by atoms with van der Waals surface area (Å²) in [5.74, 6) is 0.824. The molecule has 23 heavy (non-hydrogen) atoms. The van der Waals surface area contributed by atoms with E-state index in [-0.39, 0.29) is 11.2 Å². The Labute approximate surface area is 137 Å².